The third kappa shape index (κ3) is 3.23. The fraction of sp³-hybridized carbons (Fsp3) is 0.0714. The molecule has 2 aromatic carbocycles. The number of hydrogen-bond acceptors (Lipinski definition) is 1. The standard InChI is InChI=1S/C14H11ClINO/c1-9-2-7-13(12(16)8-9)17-14(18)10-3-5-11(15)6-4-10/h2-8H,1H3,(H,17,18). The number of benzene rings is 2. The van der Waals surface area contributed by atoms with Crippen molar-refractivity contribution in [3.05, 3.63) is 62.2 Å². The van der Waals surface area contributed by atoms with E-state index in [1.54, 1.807) is 24.3 Å². The molecule has 0 aliphatic rings. The molecule has 18 heavy (non-hydrogen) atoms. The lowest BCUT2D eigenvalue weighted by atomic mass is 10.2. The van der Waals surface area contributed by atoms with E-state index >= 15 is 0 Å². The summed E-state index contributed by atoms with van der Waals surface area (Å²) in [5.41, 5.74) is 2.58. The van der Waals surface area contributed by atoms with Gasteiger partial charge in [0.25, 0.3) is 5.91 Å². The first-order valence-electron chi connectivity index (χ1n) is 5.39. The first-order valence-corrected chi connectivity index (χ1v) is 6.85. The van der Waals surface area contributed by atoms with Crippen LogP contribution in [0.15, 0.2) is 42.5 Å². The summed E-state index contributed by atoms with van der Waals surface area (Å²) in [6, 6.07) is 12.7. The summed E-state index contributed by atoms with van der Waals surface area (Å²) >= 11 is 7.99. The fourth-order valence-electron chi connectivity index (χ4n) is 1.52. The molecule has 1 N–H and O–H groups in total. The zero-order valence-electron chi connectivity index (χ0n) is 9.71. The highest BCUT2D eigenvalue weighted by Gasteiger charge is 2.07. The SMILES string of the molecule is Cc1ccc(NC(=O)c2ccc(Cl)cc2)c(I)c1. The fourth-order valence-corrected chi connectivity index (χ4v) is 2.45. The van der Waals surface area contributed by atoms with E-state index in [0.717, 1.165) is 9.26 Å². The number of carbonyl (C=O) groups is 1. The van der Waals surface area contributed by atoms with Gasteiger partial charge in [-0.15, -0.1) is 0 Å². The van der Waals surface area contributed by atoms with Crippen LogP contribution in [0.5, 0.6) is 0 Å². The van der Waals surface area contributed by atoms with Crippen molar-refractivity contribution in [1.29, 1.82) is 0 Å². The average molecular weight is 372 g/mol. The molecule has 0 aromatic heterocycles. The summed E-state index contributed by atoms with van der Waals surface area (Å²) in [4.78, 5) is 12.0. The lowest BCUT2D eigenvalue weighted by molar-refractivity contribution is 0.102. The first kappa shape index (κ1) is 13.4. The van der Waals surface area contributed by atoms with Gasteiger partial charge >= 0.3 is 0 Å². The molecule has 2 aromatic rings. The van der Waals surface area contributed by atoms with Gasteiger partial charge in [0.2, 0.25) is 0 Å². The average Bonchev–Trinajstić information content (AvgIpc) is 2.33. The van der Waals surface area contributed by atoms with Gasteiger partial charge in [0.1, 0.15) is 0 Å². The molecule has 0 spiro atoms. The Labute approximate surface area is 124 Å². The van der Waals surface area contributed by atoms with Crippen LogP contribution >= 0.6 is 34.2 Å². The molecular formula is C14H11ClINO. The summed E-state index contributed by atoms with van der Waals surface area (Å²) in [5, 5.41) is 3.51. The van der Waals surface area contributed by atoms with Crippen LogP contribution in [0.25, 0.3) is 0 Å². The largest absolute Gasteiger partial charge is 0.321 e. The van der Waals surface area contributed by atoms with Crippen LogP contribution in [0.4, 0.5) is 5.69 Å². The van der Waals surface area contributed by atoms with Gasteiger partial charge in [-0.05, 0) is 71.5 Å². The molecule has 0 bridgehead atoms. The smallest absolute Gasteiger partial charge is 0.255 e. The van der Waals surface area contributed by atoms with Crippen molar-refractivity contribution in [2.45, 2.75) is 6.92 Å². The Hall–Kier alpha value is -1.07. The van der Waals surface area contributed by atoms with Crippen molar-refractivity contribution in [3.63, 3.8) is 0 Å². The third-order valence-corrected chi connectivity index (χ3v) is 3.62. The van der Waals surface area contributed by atoms with Crippen molar-refractivity contribution in [2.24, 2.45) is 0 Å². The maximum Gasteiger partial charge on any atom is 0.255 e. The molecule has 0 heterocycles. The van der Waals surface area contributed by atoms with Crippen LogP contribution in [0, 0.1) is 10.5 Å². The lowest BCUT2D eigenvalue weighted by Gasteiger charge is -2.08. The Morgan fingerprint density at radius 3 is 2.44 bits per heavy atom. The van der Waals surface area contributed by atoms with Crippen LogP contribution < -0.4 is 5.32 Å². The number of aryl methyl sites for hydroxylation is 1. The highest BCUT2D eigenvalue weighted by molar-refractivity contribution is 14.1. The van der Waals surface area contributed by atoms with Crippen molar-refractivity contribution >= 4 is 45.8 Å². The van der Waals surface area contributed by atoms with Crippen molar-refractivity contribution in [1.82, 2.24) is 0 Å². The number of rotatable bonds is 2. The molecule has 2 rings (SSSR count). The first-order chi connectivity index (χ1) is 8.56. The normalized spacial score (nSPS) is 10.2. The maximum absolute atomic E-state index is 12.0. The van der Waals surface area contributed by atoms with E-state index in [0.29, 0.717) is 10.6 Å². The summed E-state index contributed by atoms with van der Waals surface area (Å²) in [6.07, 6.45) is 0. The van der Waals surface area contributed by atoms with Crippen LogP contribution in [-0.2, 0) is 0 Å². The Balaban J connectivity index is 2.18. The molecule has 0 fully saturated rings. The van der Waals surface area contributed by atoms with Gasteiger partial charge in [-0.2, -0.15) is 0 Å². The van der Waals surface area contributed by atoms with E-state index in [1.807, 2.05) is 25.1 Å². The lowest BCUT2D eigenvalue weighted by Crippen LogP contribution is -2.12. The number of halogens is 2. The second kappa shape index (κ2) is 5.71. The van der Waals surface area contributed by atoms with Crippen molar-refractivity contribution < 1.29 is 4.79 Å². The number of anilines is 1. The van der Waals surface area contributed by atoms with Crippen LogP contribution in [0.2, 0.25) is 5.02 Å². The minimum absolute atomic E-state index is 0.131. The topological polar surface area (TPSA) is 29.1 Å². The molecule has 2 nitrogen and oxygen atoms in total. The highest BCUT2D eigenvalue weighted by Crippen LogP contribution is 2.20. The molecule has 0 unspecified atom stereocenters. The second-order valence-corrected chi connectivity index (χ2v) is 5.54. The Bertz CT molecular complexity index is 581. The summed E-state index contributed by atoms with van der Waals surface area (Å²) in [6.45, 7) is 2.02. The molecular weight excluding hydrogens is 361 g/mol. The monoisotopic (exact) mass is 371 g/mol. The quantitative estimate of drug-likeness (QED) is 0.774. The van der Waals surface area contributed by atoms with Crippen molar-refractivity contribution in [3.8, 4) is 0 Å². The van der Waals surface area contributed by atoms with Gasteiger partial charge in [-0.1, -0.05) is 17.7 Å². The highest BCUT2D eigenvalue weighted by atomic mass is 127. The summed E-state index contributed by atoms with van der Waals surface area (Å²) in [7, 11) is 0. The summed E-state index contributed by atoms with van der Waals surface area (Å²) < 4.78 is 1.02. The van der Waals surface area contributed by atoms with Crippen LogP contribution in [0.3, 0.4) is 0 Å². The Morgan fingerprint density at radius 1 is 1.17 bits per heavy atom. The predicted octanol–water partition coefficient (Wildman–Crippen LogP) is 4.51. The predicted molar refractivity (Wildman–Crippen MR) is 83.3 cm³/mol. The molecule has 4 heteroatoms. The van der Waals surface area contributed by atoms with E-state index in [2.05, 4.69) is 27.9 Å². The summed E-state index contributed by atoms with van der Waals surface area (Å²) in [5.74, 6) is -0.131. The Kier molecular flexibility index (Phi) is 4.24. The number of carbonyl (C=O) groups excluding carboxylic acids is 1. The van der Waals surface area contributed by atoms with Gasteiger partial charge in [-0.3, -0.25) is 4.79 Å². The molecule has 0 aliphatic carbocycles. The zero-order valence-corrected chi connectivity index (χ0v) is 12.6. The third-order valence-electron chi connectivity index (χ3n) is 2.48. The van der Waals surface area contributed by atoms with Gasteiger partial charge < -0.3 is 5.32 Å². The van der Waals surface area contributed by atoms with Crippen LogP contribution in [-0.4, -0.2) is 5.91 Å². The van der Waals surface area contributed by atoms with E-state index in [4.69, 9.17) is 11.6 Å². The number of nitrogens with one attached hydrogen (secondary N) is 1. The van der Waals surface area contributed by atoms with E-state index in [9.17, 15) is 4.79 Å². The van der Waals surface area contributed by atoms with Gasteiger partial charge in [-0.25, -0.2) is 0 Å². The zero-order chi connectivity index (χ0) is 13.1. The molecule has 0 saturated heterocycles. The Morgan fingerprint density at radius 2 is 1.83 bits per heavy atom. The molecule has 0 atom stereocenters. The molecule has 0 aliphatic heterocycles. The second-order valence-electron chi connectivity index (χ2n) is 3.94. The van der Waals surface area contributed by atoms with Gasteiger partial charge in [0.15, 0.2) is 0 Å². The maximum atomic E-state index is 12.0. The molecule has 92 valence electrons. The van der Waals surface area contributed by atoms with E-state index in [-0.39, 0.29) is 5.91 Å². The number of hydrogen-bond donors (Lipinski definition) is 1. The van der Waals surface area contributed by atoms with E-state index in [1.165, 1.54) is 5.56 Å². The number of amides is 1. The van der Waals surface area contributed by atoms with Crippen molar-refractivity contribution in [2.75, 3.05) is 5.32 Å². The molecule has 0 saturated carbocycles. The molecule has 0 radical (unpaired) electrons. The molecule has 1 amide bonds. The van der Waals surface area contributed by atoms with Gasteiger partial charge in [0.05, 0.1) is 5.69 Å². The van der Waals surface area contributed by atoms with E-state index < -0.39 is 0 Å². The minimum atomic E-state index is -0.131. The van der Waals surface area contributed by atoms with Crippen LogP contribution in [0.1, 0.15) is 15.9 Å². The van der Waals surface area contributed by atoms with Gasteiger partial charge in [0, 0.05) is 14.2 Å². The minimum Gasteiger partial charge on any atom is -0.321 e.